The molecule has 1 heterocycles. The predicted octanol–water partition coefficient (Wildman–Crippen LogP) is 5.33. The first-order chi connectivity index (χ1) is 13.9. The zero-order chi connectivity index (χ0) is 20.8. The normalized spacial score (nSPS) is 10.6. The van der Waals surface area contributed by atoms with E-state index in [9.17, 15) is 9.59 Å². The van der Waals surface area contributed by atoms with Crippen molar-refractivity contribution in [2.45, 2.75) is 24.7 Å². The van der Waals surface area contributed by atoms with Crippen LogP contribution in [0.3, 0.4) is 0 Å². The Kier molecular flexibility index (Phi) is 7.06. The fourth-order valence-corrected chi connectivity index (χ4v) is 4.05. The predicted molar refractivity (Wildman–Crippen MR) is 121 cm³/mol. The van der Waals surface area contributed by atoms with Crippen LogP contribution in [0.5, 0.6) is 0 Å². The molecular formula is C22H23N3O2S2. The summed E-state index contributed by atoms with van der Waals surface area (Å²) in [5, 5.41) is 5.69. The van der Waals surface area contributed by atoms with Crippen LogP contribution in [-0.2, 0) is 17.6 Å². The molecule has 0 aliphatic heterocycles. The molecule has 3 rings (SSSR count). The van der Waals surface area contributed by atoms with Gasteiger partial charge in [-0.2, -0.15) is 0 Å². The third-order valence-corrected chi connectivity index (χ3v) is 6.20. The number of thiazole rings is 1. The van der Waals surface area contributed by atoms with E-state index < -0.39 is 0 Å². The number of aryl methyl sites for hydroxylation is 1. The summed E-state index contributed by atoms with van der Waals surface area (Å²) in [6.07, 6.45) is 1.23. The number of thioether (sulfide) groups is 1. The highest BCUT2D eigenvalue weighted by molar-refractivity contribution is 8.13. The van der Waals surface area contributed by atoms with Crippen molar-refractivity contribution in [3.05, 3.63) is 65.2 Å². The Balaban J connectivity index is 1.57. The van der Waals surface area contributed by atoms with Gasteiger partial charge in [0.25, 0.3) is 5.24 Å². The van der Waals surface area contributed by atoms with Gasteiger partial charge in [-0.05, 0) is 48.0 Å². The number of nitrogens with one attached hydrogen (secondary N) is 1. The number of anilines is 1. The minimum atomic E-state index is -0.118. The number of hydrogen-bond acceptors (Lipinski definition) is 5. The van der Waals surface area contributed by atoms with E-state index in [2.05, 4.69) is 41.5 Å². The van der Waals surface area contributed by atoms with Crippen LogP contribution in [0.15, 0.2) is 58.8 Å². The molecule has 1 N–H and O–H groups in total. The second-order valence-electron chi connectivity index (χ2n) is 6.71. The van der Waals surface area contributed by atoms with Crippen LogP contribution >= 0.6 is 23.1 Å². The van der Waals surface area contributed by atoms with Gasteiger partial charge in [0.05, 0.1) is 12.1 Å². The molecule has 0 spiro atoms. The number of benzene rings is 2. The number of nitrogens with zero attached hydrogens (tertiary/aromatic N) is 2. The summed E-state index contributed by atoms with van der Waals surface area (Å²) in [5.74, 6) is -0.118. The molecule has 0 aliphatic carbocycles. The van der Waals surface area contributed by atoms with Crippen LogP contribution in [0, 0.1) is 0 Å². The number of rotatable bonds is 6. The quantitative estimate of drug-likeness (QED) is 0.543. The Morgan fingerprint density at radius 2 is 1.76 bits per heavy atom. The number of aromatic nitrogens is 1. The molecule has 0 radical (unpaired) electrons. The van der Waals surface area contributed by atoms with Crippen molar-refractivity contribution in [2.75, 3.05) is 19.4 Å². The second-order valence-corrected chi connectivity index (χ2v) is 8.59. The van der Waals surface area contributed by atoms with Crippen LogP contribution < -0.4 is 5.32 Å². The first-order valence-corrected chi connectivity index (χ1v) is 11.0. The van der Waals surface area contributed by atoms with Gasteiger partial charge >= 0.3 is 0 Å². The molecule has 1 aromatic heterocycles. The molecule has 0 saturated heterocycles. The van der Waals surface area contributed by atoms with Crippen LogP contribution in [0.25, 0.3) is 10.6 Å². The molecular weight excluding hydrogens is 402 g/mol. The SMILES string of the molecule is CCc1ccc(-c2nc(CC(=O)Nc3ccc(SC(=O)N(C)C)cc3)cs2)cc1. The fourth-order valence-electron chi connectivity index (χ4n) is 2.57. The number of carbonyl (C=O) groups excluding carboxylic acids is 2. The zero-order valence-corrected chi connectivity index (χ0v) is 18.3. The maximum Gasteiger partial charge on any atom is 0.285 e. The van der Waals surface area contributed by atoms with Gasteiger partial charge in [-0.15, -0.1) is 11.3 Å². The van der Waals surface area contributed by atoms with Crippen molar-refractivity contribution in [3.8, 4) is 10.6 Å². The highest BCUT2D eigenvalue weighted by Crippen LogP contribution is 2.25. The van der Waals surface area contributed by atoms with Crippen molar-refractivity contribution < 1.29 is 9.59 Å². The molecule has 0 atom stereocenters. The van der Waals surface area contributed by atoms with Gasteiger partial charge in [-0.1, -0.05) is 31.2 Å². The standard InChI is InChI=1S/C22H23N3O2S2/c1-4-15-5-7-16(8-6-15)21-24-18(14-28-21)13-20(26)23-17-9-11-19(12-10-17)29-22(27)25(2)3/h5-12,14H,4,13H2,1-3H3,(H,23,26). The van der Waals surface area contributed by atoms with Crippen LogP contribution in [-0.4, -0.2) is 35.1 Å². The van der Waals surface area contributed by atoms with Crippen molar-refractivity contribution in [2.24, 2.45) is 0 Å². The molecule has 29 heavy (non-hydrogen) atoms. The molecule has 7 heteroatoms. The van der Waals surface area contributed by atoms with E-state index in [4.69, 9.17) is 0 Å². The third kappa shape index (κ3) is 5.92. The molecule has 3 aromatic rings. The summed E-state index contributed by atoms with van der Waals surface area (Å²) < 4.78 is 0. The van der Waals surface area contributed by atoms with Crippen molar-refractivity contribution in [1.82, 2.24) is 9.88 Å². The lowest BCUT2D eigenvalue weighted by atomic mass is 10.1. The maximum atomic E-state index is 12.4. The Morgan fingerprint density at radius 1 is 1.07 bits per heavy atom. The molecule has 5 nitrogen and oxygen atoms in total. The first kappa shape index (κ1) is 21.1. The van der Waals surface area contributed by atoms with E-state index in [1.54, 1.807) is 37.6 Å². The molecule has 0 unspecified atom stereocenters. The highest BCUT2D eigenvalue weighted by Gasteiger charge is 2.11. The topological polar surface area (TPSA) is 62.3 Å². The van der Waals surface area contributed by atoms with E-state index in [0.29, 0.717) is 5.69 Å². The van der Waals surface area contributed by atoms with Gasteiger partial charge in [0.15, 0.2) is 0 Å². The highest BCUT2D eigenvalue weighted by atomic mass is 32.2. The molecule has 2 amide bonds. The average molecular weight is 426 g/mol. The number of hydrogen-bond donors (Lipinski definition) is 1. The Hall–Kier alpha value is -2.64. The van der Waals surface area contributed by atoms with E-state index in [0.717, 1.165) is 39.3 Å². The van der Waals surface area contributed by atoms with Gasteiger partial charge < -0.3 is 10.2 Å². The molecule has 0 aliphatic rings. The molecule has 0 fully saturated rings. The minimum Gasteiger partial charge on any atom is -0.339 e. The molecule has 0 saturated carbocycles. The Morgan fingerprint density at radius 3 is 2.38 bits per heavy atom. The summed E-state index contributed by atoms with van der Waals surface area (Å²) >= 11 is 2.69. The van der Waals surface area contributed by atoms with Crippen LogP contribution in [0.4, 0.5) is 10.5 Å². The summed E-state index contributed by atoms with van der Waals surface area (Å²) in [6, 6.07) is 15.6. The molecule has 2 aromatic carbocycles. The van der Waals surface area contributed by atoms with Gasteiger partial charge in [0, 0.05) is 35.6 Å². The first-order valence-electron chi connectivity index (χ1n) is 9.27. The average Bonchev–Trinajstić information content (AvgIpc) is 3.17. The minimum absolute atomic E-state index is 0.0366. The van der Waals surface area contributed by atoms with Gasteiger partial charge in [-0.3, -0.25) is 9.59 Å². The molecule has 150 valence electrons. The van der Waals surface area contributed by atoms with Gasteiger partial charge in [-0.25, -0.2) is 4.98 Å². The van der Waals surface area contributed by atoms with E-state index in [-0.39, 0.29) is 17.6 Å². The van der Waals surface area contributed by atoms with E-state index in [1.807, 2.05) is 17.5 Å². The van der Waals surface area contributed by atoms with E-state index >= 15 is 0 Å². The summed E-state index contributed by atoms with van der Waals surface area (Å²) in [5.41, 5.74) is 3.81. The lowest BCUT2D eigenvalue weighted by molar-refractivity contribution is -0.115. The van der Waals surface area contributed by atoms with Crippen LogP contribution in [0.1, 0.15) is 18.2 Å². The third-order valence-electron chi connectivity index (χ3n) is 4.21. The van der Waals surface area contributed by atoms with E-state index in [1.165, 1.54) is 10.5 Å². The number of carbonyl (C=O) groups is 2. The Labute approximate surface area is 179 Å². The largest absolute Gasteiger partial charge is 0.339 e. The number of amides is 2. The van der Waals surface area contributed by atoms with Gasteiger partial charge in [0.1, 0.15) is 5.01 Å². The Bertz CT molecular complexity index is 980. The maximum absolute atomic E-state index is 12.4. The smallest absolute Gasteiger partial charge is 0.285 e. The molecule has 0 bridgehead atoms. The van der Waals surface area contributed by atoms with Gasteiger partial charge in [0.2, 0.25) is 5.91 Å². The van der Waals surface area contributed by atoms with Crippen LogP contribution in [0.2, 0.25) is 0 Å². The monoisotopic (exact) mass is 425 g/mol. The van der Waals surface area contributed by atoms with Crippen molar-refractivity contribution >= 4 is 39.9 Å². The summed E-state index contributed by atoms with van der Waals surface area (Å²) in [4.78, 5) is 31.0. The van der Waals surface area contributed by atoms with Crippen molar-refractivity contribution in [3.63, 3.8) is 0 Å². The summed E-state index contributed by atoms with van der Waals surface area (Å²) in [6.45, 7) is 2.13. The second kappa shape index (κ2) is 9.71. The lowest BCUT2D eigenvalue weighted by Crippen LogP contribution is -2.16. The zero-order valence-electron chi connectivity index (χ0n) is 16.6. The lowest BCUT2D eigenvalue weighted by Gasteiger charge is -2.09. The van der Waals surface area contributed by atoms with Crippen molar-refractivity contribution in [1.29, 1.82) is 0 Å². The fraction of sp³-hybridized carbons (Fsp3) is 0.227. The summed E-state index contributed by atoms with van der Waals surface area (Å²) in [7, 11) is 3.43.